The number of rotatable bonds is 4. The summed E-state index contributed by atoms with van der Waals surface area (Å²) in [6.45, 7) is 1.99. The van der Waals surface area contributed by atoms with Crippen molar-refractivity contribution in [1.29, 1.82) is 0 Å². The molecule has 0 aliphatic carbocycles. The maximum Gasteiger partial charge on any atom is 0.145 e. The summed E-state index contributed by atoms with van der Waals surface area (Å²) in [4.78, 5) is 12.9. The van der Waals surface area contributed by atoms with Gasteiger partial charge in [-0.05, 0) is 19.5 Å². The smallest absolute Gasteiger partial charge is 0.145 e. The first-order valence-electron chi connectivity index (χ1n) is 5.14. The molecule has 16 heavy (non-hydrogen) atoms. The first kappa shape index (κ1) is 11.2. The third kappa shape index (κ3) is 2.62. The van der Waals surface area contributed by atoms with Gasteiger partial charge in [0.1, 0.15) is 5.82 Å². The highest BCUT2D eigenvalue weighted by molar-refractivity contribution is 7.09. The fourth-order valence-corrected chi connectivity index (χ4v) is 2.10. The summed E-state index contributed by atoms with van der Waals surface area (Å²) in [6, 6.07) is 0.131. The molecular weight excluding hydrogens is 220 g/mol. The molecule has 1 unspecified atom stereocenters. The molecule has 0 aliphatic rings. The van der Waals surface area contributed by atoms with E-state index in [2.05, 4.69) is 20.3 Å². The Morgan fingerprint density at radius 3 is 2.62 bits per heavy atom. The Kier molecular flexibility index (Phi) is 3.58. The summed E-state index contributed by atoms with van der Waals surface area (Å²) in [5, 5.41) is 6.30. The van der Waals surface area contributed by atoms with Crippen molar-refractivity contribution in [2.45, 2.75) is 19.4 Å². The van der Waals surface area contributed by atoms with Crippen LogP contribution in [0.25, 0.3) is 0 Å². The standard InChI is InChI=1S/C11H14N4S/c1-8-6-14-11(15-7-8)9(12-2)5-10-13-3-4-16-10/h3-4,6-7,9,12H,5H2,1-2H3. The van der Waals surface area contributed by atoms with Crippen LogP contribution in [0.3, 0.4) is 0 Å². The molecular formula is C11H14N4S. The molecule has 1 N–H and O–H groups in total. The Bertz CT molecular complexity index is 424. The summed E-state index contributed by atoms with van der Waals surface area (Å²) in [7, 11) is 1.92. The molecule has 2 aromatic rings. The Morgan fingerprint density at radius 2 is 2.06 bits per heavy atom. The van der Waals surface area contributed by atoms with Crippen molar-refractivity contribution in [3.63, 3.8) is 0 Å². The van der Waals surface area contributed by atoms with Gasteiger partial charge < -0.3 is 5.32 Å². The van der Waals surface area contributed by atoms with E-state index < -0.39 is 0 Å². The average molecular weight is 234 g/mol. The van der Waals surface area contributed by atoms with Crippen molar-refractivity contribution < 1.29 is 0 Å². The molecule has 0 fully saturated rings. The van der Waals surface area contributed by atoms with Gasteiger partial charge in [0.25, 0.3) is 0 Å². The van der Waals surface area contributed by atoms with Gasteiger partial charge in [0.2, 0.25) is 0 Å². The highest BCUT2D eigenvalue weighted by atomic mass is 32.1. The highest BCUT2D eigenvalue weighted by Gasteiger charge is 2.13. The van der Waals surface area contributed by atoms with Crippen LogP contribution in [0, 0.1) is 6.92 Å². The molecule has 0 radical (unpaired) electrons. The summed E-state index contributed by atoms with van der Waals surface area (Å²) < 4.78 is 0. The summed E-state index contributed by atoms with van der Waals surface area (Å²) in [5.41, 5.74) is 1.08. The van der Waals surface area contributed by atoms with Gasteiger partial charge >= 0.3 is 0 Å². The molecule has 84 valence electrons. The van der Waals surface area contributed by atoms with Crippen molar-refractivity contribution >= 4 is 11.3 Å². The Morgan fingerprint density at radius 1 is 1.31 bits per heavy atom. The van der Waals surface area contributed by atoms with E-state index in [1.165, 1.54) is 0 Å². The van der Waals surface area contributed by atoms with Gasteiger partial charge in [0.05, 0.1) is 11.0 Å². The molecule has 2 aromatic heterocycles. The van der Waals surface area contributed by atoms with Crippen molar-refractivity contribution in [2.24, 2.45) is 0 Å². The maximum atomic E-state index is 4.33. The third-order valence-corrected chi connectivity index (χ3v) is 3.13. The van der Waals surface area contributed by atoms with Crippen molar-refractivity contribution in [2.75, 3.05) is 7.05 Å². The number of hydrogen-bond donors (Lipinski definition) is 1. The molecule has 0 saturated heterocycles. The van der Waals surface area contributed by atoms with Crippen LogP contribution in [0.5, 0.6) is 0 Å². The topological polar surface area (TPSA) is 50.7 Å². The number of likely N-dealkylation sites (N-methyl/N-ethyl adjacent to an activating group) is 1. The van der Waals surface area contributed by atoms with E-state index in [4.69, 9.17) is 0 Å². The van der Waals surface area contributed by atoms with Gasteiger partial charge in [-0.2, -0.15) is 0 Å². The van der Waals surface area contributed by atoms with Gasteiger partial charge in [-0.1, -0.05) is 0 Å². The van der Waals surface area contributed by atoms with Crippen LogP contribution in [-0.4, -0.2) is 22.0 Å². The van der Waals surface area contributed by atoms with E-state index in [9.17, 15) is 0 Å². The lowest BCUT2D eigenvalue weighted by Gasteiger charge is -2.12. The molecule has 2 rings (SSSR count). The van der Waals surface area contributed by atoms with Crippen LogP contribution in [0.1, 0.15) is 22.4 Å². The van der Waals surface area contributed by atoms with Crippen molar-refractivity contribution in [1.82, 2.24) is 20.3 Å². The zero-order valence-corrected chi connectivity index (χ0v) is 10.2. The summed E-state index contributed by atoms with van der Waals surface area (Å²) in [6.07, 6.45) is 6.34. The van der Waals surface area contributed by atoms with Gasteiger partial charge in [-0.3, -0.25) is 0 Å². The van der Waals surface area contributed by atoms with Crippen LogP contribution in [-0.2, 0) is 6.42 Å². The summed E-state index contributed by atoms with van der Waals surface area (Å²) in [5.74, 6) is 0.823. The van der Waals surface area contributed by atoms with Gasteiger partial charge in [0, 0.05) is 30.4 Å². The minimum atomic E-state index is 0.131. The van der Waals surface area contributed by atoms with Crippen LogP contribution < -0.4 is 5.32 Å². The van der Waals surface area contributed by atoms with Crippen LogP contribution >= 0.6 is 11.3 Å². The Hall–Kier alpha value is -1.33. The maximum absolute atomic E-state index is 4.33. The number of thiazole rings is 1. The molecule has 2 heterocycles. The molecule has 0 bridgehead atoms. The minimum Gasteiger partial charge on any atom is -0.310 e. The van der Waals surface area contributed by atoms with E-state index >= 15 is 0 Å². The monoisotopic (exact) mass is 234 g/mol. The lowest BCUT2D eigenvalue weighted by Crippen LogP contribution is -2.21. The zero-order valence-electron chi connectivity index (χ0n) is 9.34. The van der Waals surface area contributed by atoms with Crippen molar-refractivity contribution in [3.05, 3.63) is 40.4 Å². The fourth-order valence-electron chi connectivity index (χ4n) is 1.43. The quantitative estimate of drug-likeness (QED) is 0.875. The molecule has 1 atom stereocenters. The van der Waals surface area contributed by atoms with Crippen LogP contribution in [0.4, 0.5) is 0 Å². The van der Waals surface area contributed by atoms with Crippen molar-refractivity contribution in [3.8, 4) is 0 Å². The predicted molar refractivity (Wildman–Crippen MR) is 64.4 cm³/mol. The van der Waals surface area contributed by atoms with E-state index in [0.29, 0.717) is 0 Å². The molecule has 0 amide bonds. The number of aryl methyl sites for hydroxylation is 1. The van der Waals surface area contributed by atoms with Crippen LogP contribution in [0.2, 0.25) is 0 Å². The molecule has 4 nitrogen and oxygen atoms in total. The second-order valence-corrected chi connectivity index (χ2v) is 4.57. The number of hydrogen-bond acceptors (Lipinski definition) is 5. The number of nitrogens with one attached hydrogen (secondary N) is 1. The second-order valence-electron chi connectivity index (χ2n) is 3.59. The molecule has 5 heteroatoms. The SMILES string of the molecule is CNC(Cc1nccs1)c1ncc(C)cn1. The lowest BCUT2D eigenvalue weighted by molar-refractivity contribution is 0.555. The lowest BCUT2D eigenvalue weighted by atomic mass is 10.2. The Labute approximate surface area is 98.8 Å². The van der Waals surface area contributed by atoms with Gasteiger partial charge in [-0.25, -0.2) is 15.0 Å². The largest absolute Gasteiger partial charge is 0.310 e. The predicted octanol–water partition coefficient (Wildman–Crippen LogP) is 1.74. The molecule has 0 aromatic carbocycles. The van der Waals surface area contributed by atoms with E-state index in [0.717, 1.165) is 22.8 Å². The minimum absolute atomic E-state index is 0.131. The zero-order chi connectivity index (χ0) is 11.4. The van der Waals surface area contributed by atoms with Gasteiger partial charge in [-0.15, -0.1) is 11.3 Å². The number of aromatic nitrogens is 3. The second kappa shape index (κ2) is 5.14. The molecule has 0 aliphatic heterocycles. The van der Waals surface area contributed by atoms with E-state index in [-0.39, 0.29) is 6.04 Å². The molecule has 0 spiro atoms. The van der Waals surface area contributed by atoms with Crippen LogP contribution in [0.15, 0.2) is 24.0 Å². The Balaban J connectivity index is 2.13. The van der Waals surface area contributed by atoms with Gasteiger partial charge in [0.15, 0.2) is 0 Å². The fraction of sp³-hybridized carbons (Fsp3) is 0.364. The average Bonchev–Trinajstić information content (AvgIpc) is 2.80. The first-order valence-corrected chi connectivity index (χ1v) is 6.01. The van der Waals surface area contributed by atoms with E-state index in [1.807, 2.05) is 37.9 Å². The molecule has 0 saturated carbocycles. The highest BCUT2D eigenvalue weighted by Crippen LogP contribution is 2.16. The first-order chi connectivity index (χ1) is 7.79. The normalized spacial score (nSPS) is 12.6. The van der Waals surface area contributed by atoms with E-state index in [1.54, 1.807) is 11.3 Å². The third-order valence-electron chi connectivity index (χ3n) is 2.32. The summed E-state index contributed by atoms with van der Waals surface area (Å²) >= 11 is 1.66. The number of nitrogens with zero attached hydrogens (tertiary/aromatic N) is 3.